The Morgan fingerprint density at radius 2 is 1.78 bits per heavy atom. The van der Waals surface area contributed by atoms with Crippen LogP contribution in [-0.2, 0) is 37.6 Å². The molecule has 1 saturated carbocycles. The minimum atomic E-state index is -0.277. The van der Waals surface area contributed by atoms with Crippen LogP contribution in [0.15, 0.2) is 66.7 Å². The predicted molar refractivity (Wildman–Crippen MR) is 174 cm³/mol. The van der Waals surface area contributed by atoms with Crippen molar-refractivity contribution in [3.63, 3.8) is 0 Å². The van der Waals surface area contributed by atoms with Gasteiger partial charge in [-0.25, -0.2) is 0 Å². The molecule has 2 aliphatic heterocycles. The van der Waals surface area contributed by atoms with E-state index in [1.54, 1.807) is 14.2 Å². The molecule has 2 fully saturated rings. The molecule has 2 atom stereocenters. The quantitative estimate of drug-likeness (QED) is 0.206. The number of benzene rings is 3. The fraction of sp³-hybridized carbons (Fsp3) is 0.486. The maximum Gasteiger partial charge on any atom is 0.237 e. The van der Waals surface area contributed by atoms with E-state index < -0.39 is 0 Å². The molecule has 8 nitrogen and oxygen atoms in total. The largest absolute Gasteiger partial charge is 0.496 e. The number of hydrogen-bond donors (Lipinski definition) is 1. The highest BCUT2D eigenvalue weighted by Crippen LogP contribution is 2.57. The molecule has 1 saturated heterocycles. The Morgan fingerprint density at radius 1 is 0.933 bits per heavy atom. The third-order valence-corrected chi connectivity index (χ3v) is 9.35. The van der Waals surface area contributed by atoms with Crippen molar-refractivity contribution in [2.24, 2.45) is 0 Å². The average molecular weight is 615 g/mol. The van der Waals surface area contributed by atoms with E-state index in [9.17, 15) is 4.79 Å². The smallest absolute Gasteiger partial charge is 0.237 e. The molecule has 8 heteroatoms. The minimum absolute atomic E-state index is 0.0633. The van der Waals surface area contributed by atoms with Gasteiger partial charge in [-0.2, -0.15) is 0 Å². The second-order valence-electron chi connectivity index (χ2n) is 12.3. The molecule has 1 N–H and O–H groups in total. The molecule has 0 bridgehead atoms. The normalized spacial score (nSPS) is 20.0. The SMILES string of the molecule is COCCCN1C(=O)C2(CC2)c2ccc(CO[C@H]3CNCC[C@@H]3c3ccc(OCCCOCc4ccccc4OC)cc3)cc21. The molecule has 3 aliphatic rings. The molecule has 240 valence electrons. The first-order valence-electron chi connectivity index (χ1n) is 16.3. The van der Waals surface area contributed by atoms with Crippen molar-refractivity contribution < 1.29 is 28.5 Å². The van der Waals surface area contributed by atoms with Gasteiger partial charge in [0.05, 0.1) is 45.1 Å². The number of piperidine rings is 1. The number of anilines is 1. The summed E-state index contributed by atoms with van der Waals surface area (Å²) in [6.45, 7) is 5.39. The second-order valence-corrected chi connectivity index (χ2v) is 12.3. The highest BCUT2D eigenvalue weighted by Gasteiger charge is 2.58. The van der Waals surface area contributed by atoms with Gasteiger partial charge in [-0.05, 0) is 73.2 Å². The Kier molecular flexibility index (Phi) is 10.4. The summed E-state index contributed by atoms with van der Waals surface area (Å²) in [7, 11) is 3.38. The number of methoxy groups -OCH3 is 2. The van der Waals surface area contributed by atoms with Gasteiger partial charge in [0.2, 0.25) is 5.91 Å². The molecule has 3 aromatic rings. The fourth-order valence-electron chi connectivity index (χ4n) is 6.73. The lowest BCUT2D eigenvalue weighted by atomic mass is 9.87. The van der Waals surface area contributed by atoms with Gasteiger partial charge in [-0.3, -0.25) is 4.79 Å². The number of amides is 1. The lowest BCUT2D eigenvalue weighted by molar-refractivity contribution is -0.120. The molecule has 0 aromatic heterocycles. The van der Waals surface area contributed by atoms with Crippen LogP contribution in [0.1, 0.15) is 60.3 Å². The first-order chi connectivity index (χ1) is 22.1. The van der Waals surface area contributed by atoms with Gasteiger partial charge in [0.1, 0.15) is 11.5 Å². The van der Waals surface area contributed by atoms with Crippen molar-refractivity contribution in [3.05, 3.63) is 89.0 Å². The number of rotatable bonds is 16. The zero-order chi connectivity index (χ0) is 31.1. The summed E-state index contributed by atoms with van der Waals surface area (Å²) < 4.78 is 29.0. The van der Waals surface area contributed by atoms with Gasteiger partial charge < -0.3 is 33.9 Å². The summed E-state index contributed by atoms with van der Waals surface area (Å²) in [6, 6.07) is 22.9. The second kappa shape index (κ2) is 14.8. The van der Waals surface area contributed by atoms with E-state index in [1.807, 2.05) is 29.2 Å². The summed E-state index contributed by atoms with van der Waals surface area (Å²) >= 11 is 0. The first kappa shape index (κ1) is 31.5. The lowest BCUT2D eigenvalue weighted by Gasteiger charge is -2.32. The van der Waals surface area contributed by atoms with E-state index in [4.69, 9.17) is 23.7 Å². The summed E-state index contributed by atoms with van der Waals surface area (Å²) in [5, 5.41) is 3.51. The number of nitrogens with zero attached hydrogens (tertiary/aromatic N) is 1. The van der Waals surface area contributed by atoms with E-state index in [0.717, 1.165) is 73.5 Å². The average Bonchev–Trinajstić information content (AvgIpc) is 3.86. The number of ether oxygens (including phenoxy) is 5. The molecular weight excluding hydrogens is 568 g/mol. The Bertz CT molecular complexity index is 1420. The summed E-state index contributed by atoms with van der Waals surface area (Å²) in [5.41, 5.74) is 5.40. The summed E-state index contributed by atoms with van der Waals surface area (Å²) in [5.74, 6) is 2.28. The van der Waals surface area contributed by atoms with Crippen molar-refractivity contribution >= 4 is 11.6 Å². The third-order valence-electron chi connectivity index (χ3n) is 9.35. The van der Waals surface area contributed by atoms with Crippen LogP contribution in [0.4, 0.5) is 5.69 Å². The zero-order valence-electron chi connectivity index (χ0n) is 26.6. The Hall–Kier alpha value is -3.43. The standard InChI is InChI=1S/C37H46N2O6/c1-41-20-5-19-39-33-23-27(9-14-32(33)37(16-17-37)36(39)40)25-45-35-24-38-18-15-31(35)28-10-12-30(13-11-28)44-22-6-21-43-26-29-7-3-4-8-34(29)42-2/h3-4,7-14,23,31,35,38H,5-6,15-22,24-26H2,1-2H3/t31-,35+/m1/s1. The number of para-hydroxylation sites is 1. The first-order valence-corrected chi connectivity index (χ1v) is 16.3. The van der Waals surface area contributed by atoms with Gasteiger partial charge in [-0.15, -0.1) is 0 Å². The van der Waals surface area contributed by atoms with E-state index in [2.05, 4.69) is 47.8 Å². The Labute approximate surface area is 267 Å². The van der Waals surface area contributed by atoms with Gasteiger partial charge in [-0.1, -0.05) is 42.5 Å². The van der Waals surface area contributed by atoms with Crippen molar-refractivity contribution in [2.75, 3.05) is 58.6 Å². The van der Waals surface area contributed by atoms with Crippen LogP contribution in [0.25, 0.3) is 0 Å². The molecule has 45 heavy (non-hydrogen) atoms. The van der Waals surface area contributed by atoms with E-state index in [0.29, 0.717) is 45.5 Å². The number of nitrogens with one attached hydrogen (secondary N) is 1. The third kappa shape index (κ3) is 7.20. The molecule has 0 radical (unpaired) electrons. The number of hydrogen-bond acceptors (Lipinski definition) is 7. The molecule has 1 aliphatic carbocycles. The van der Waals surface area contributed by atoms with Crippen LogP contribution in [-0.4, -0.2) is 65.7 Å². The maximum atomic E-state index is 13.3. The Balaban J connectivity index is 0.993. The van der Waals surface area contributed by atoms with Crippen LogP contribution in [0, 0.1) is 0 Å². The monoisotopic (exact) mass is 614 g/mol. The fourth-order valence-corrected chi connectivity index (χ4v) is 6.73. The lowest BCUT2D eigenvalue weighted by Crippen LogP contribution is -2.40. The van der Waals surface area contributed by atoms with E-state index >= 15 is 0 Å². The van der Waals surface area contributed by atoms with Gasteiger partial charge >= 0.3 is 0 Å². The maximum absolute atomic E-state index is 13.3. The van der Waals surface area contributed by atoms with Crippen molar-refractivity contribution in [1.82, 2.24) is 5.32 Å². The molecule has 2 heterocycles. The summed E-state index contributed by atoms with van der Waals surface area (Å²) in [4.78, 5) is 15.3. The number of carbonyl (C=O) groups is 1. The molecule has 1 spiro atoms. The van der Waals surface area contributed by atoms with Crippen LogP contribution >= 0.6 is 0 Å². The van der Waals surface area contributed by atoms with Crippen molar-refractivity contribution in [1.29, 1.82) is 0 Å². The summed E-state index contributed by atoms with van der Waals surface area (Å²) in [6.07, 6.45) is 4.62. The molecule has 6 rings (SSSR count). The van der Waals surface area contributed by atoms with E-state index in [-0.39, 0.29) is 17.4 Å². The van der Waals surface area contributed by atoms with Crippen molar-refractivity contribution in [2.45, 2.75) is 62.8 Å². The number of fused-ring (bicyclic) bond motifs is 2. The Morgan fingerprint density at radius 3 is 2.58 bits per heavy atom. The molecule has 0 unspecified atom stereocenters. The molecule has 1 amide bonds. The predicted octanol–water partition coefficient (Wildman–Crippen LogP) is 5.76. The number of carbonyl (C=O) groups excluding carboxylic acids is 1. The van der Waals surface area contributed by atoms with Crippen LogP contribution in [0.3, 0.4) is 0 Å². The topological polar surface area (TPSA) is 78.5 Å². The van der Waals surface area contributed by atoms with Crippen molar-refractivity contribution in [3.8, 4) is 11.5 Å². The minimum Gasteiger partial charge on any atom is -0.496 e. The zero-order valence-corrected chi connectivity index (χ0v) is 26.6. The van der Waals surface area contributed by atoms with Crippen LogP contribution < -0.4 is 19.7 Å². The highest BCUT2D eigenvalue weighted by molar-refractivity contribution is 6.10. The highest BCUT2D eigenvalue weighted by atomic mass is 16.5. The van der Waals surface area contributed by atoms with E-state index in [1.165, 1.54) is 11.1 Å². The van der Waals surface area contributed by atoms with Gasteiger partial charge in [0, 0.05) is 50.4 Å². The van der Waals surface area contributed by atoms with Gasteiger partial charge in [0.15, 0.2) is 0 Å². The van der Waals surface area contributed by atoms with Crippen LogP contribution in [0.5, 0.6) is 11.5 Å². The van der Waals surface area contributed by atoms with Gasteiger partial charge in [0.25, 0.3) is 0 Å². The van der Waals surface area contributed by atoms with Crippen LogP contribution in [0.2, 0.25) is 0 Å². The molecule has 3 aromatic carbocycles. The molecular formula is C37H46N2O6.